The molecule has 0 heterocycles. The lowest BCUT2D eigenvalue weighted by atomic mass is 10.0. The molecule has 2 heteroatoms. The number of anilines is 1. The highest BCUT2D eigenvalue weighted by Gasteiger charge is 2.21. The largest absolute Gasteiger partial charge is 0.399 e. The molecule has 0 radical (unpaired) electrons. The lowest BCUT2D eigenvalue weighted by molar-refractivity contribution is 0.0994. The van der Waals surface area contributed by atoms with E-state index in [0.29, 0.717) is 12.1 Å². The van der Waals surface area contributed by atoms with Crippen molar-refractivity contribution in [3.05, 3.63) is 28.8 Å². The fraction of sp³-hybridized carbons (Fsp3) is 0.364. The molecule has 0 atom stereocenters. The van der Waals surface area contributed by atoms with Crippen LogP contribution in [0.4, 0.5) is 5.69 Å². The Morgan fingerprint density at radius 3 is 2.85 bits per heavy atom. The quantitative estimate of drug-likeness (QED) is 0.663. The fourth-order valence-corrected chi connectivity index (χ4v) is 1.99. The molecule has 0 unspecified atom stereocenters. The molecule has 0 fully saturated rings. The second-order valence-electron chi connectivity index (χ2n) is 3.48. The Morgan fingerprint density at radius 2 is 2.15 bits per heavy atom. The Kier molecular flexibility index (Phi) is 1.83. The average Bonchev–Trinajstić information content (AvgIpc) is 2.47. The van der Waals surface area contributed by atoms with E-state index in [1.165, 1.54) is 11.1 Å². The molecule has 0 aliphatic heterocycles. The zero-order chi connectivity index (χ0) is 9.42. The minimum atomic E-state index is 0.247. The lowest BCUT2D eigenvalue weighted by Crippen LogP contribution is -1.98. The van der Waals surface area contributed by atoms with Gasteiger partial charge in [-0.1, -0.05) is 6.92 Å². The second-order valence-corrected chi connectivity index (χ2v) is 3.48. The summed E-state index contributed by atoms with van der Waals surface area (Å²) in [5, 5.41) is 0. The van der Waals surface area contributed by atoms with Gasteiger partial charge in [0.25, 0.3) is 0 Å². The summed E-state index contributed by atoms with van der Waals surface area (Å²) in [4.78, 5) is 11.4. The monoisotopic (exact) mass is 175 g/mol. The fourth-order valence-electron chi connectivity index (χ4n) is 1.99. The number of aryl methyl sites for hydroxylation is 1. The first-order valence-electron chi connectivity index (χ1n) is 4.67. The molecule has 0 amide bonds. The molecule has 1 aliphatic rings. The molecule has 1 aliphatic carbocycles. The summed E-state index contributed by atoms with van der Waals surface area (Å²) >= 11 is 0. The third-order valence-electron chi connectivity index (χ3n) is 2.65. The zero-order valence-electron chi connectivity index (χ0n) is 7.76. The first kappa shape index (κ1) is 8.30. The SMILES string of the molecule is CCc1cc(N)cc2c1CCC2=O. The predicted molar refractivity (Wildman–Crippen MR) is 52.9 cm³/mol. The van der Waals surface area contributed by atoms with E-state index >= 15 is 0 Å². The number of Topliss-reactive ketones (excluding diaryl/α,β-unsaturated/α-hetero) is 1. The molecule has 0 saturated carbocycles. The van der Waals surface area contributed by atoms with Crippen LogP contribution in [0.25, 0.3) is 0 Å². The van der Waals surface area contributed by atoms with Crippen LogP contribution >= 0.6 is 0 Å². The van der Waals surface area contributed by atoms with E-state index in [4.69, 9.17) is 5.73 Å². The Hall–Kier alpha value is -1.31. The number of nitrogen functional groups attached to an aromatic ring is 1. The number of carbonyl (C=O) groups is 1. The molecule has 0 bridgehead atoms. The van der Waals surface area contributed by atoms with E-state index in [9.17, 15) is 4.79 Å². The number of hydrogen-bond donors (Lipinski definition) is 1. The van der Waals surface area contributed by atoms with Crippen LogP contribution < -0.4 is 5.73 Å². The second kappa shape index (κ2) is 2.87. The van der Waals surface area contributed by atoms with Gasteiger partial charge in [0.05, 0.1) is 0 Å². The number of nitrogens with two attached hydrogens (primary N) is 1. The van der Waals surface area contributed by atoms with E-state index < -0.39 is 0 Å². The third kappa shape index (κ3) is 1.22. The molecule has 0 saturated heterocycles. The number of benzene rings is 1. The lowest BCUT2D eigenvalue weighted by Gasteiger charge is -2.06. The van der Waals surface area contributed by atoms with Crippen LogP contribution in [0.1, 0.15) is 34.8 Å². The van der Waals surface area contributed by atoms with Gasteiger partial charge in [-0.2, -0.15) is 0 Å². The highest BCUT2D eigenvalue weighted by Crippen LogP contribution is 2.28. The van der Waals surface area contributed by atoms with Crippen LogP contribution in [0.5, 0.6) is 0 Å². The number of hydrogen-bond acceptors (Lipinski definition) is 2. The molecule has 1 aromatic carbocycles. The minimum Gasteiger partial charge on any atom is -0.399 e. The summed E-state index contributed by atoms with van der Waals surface area (Å²) in [7, 11) is 0. The summed E-state index contributed by atoms with van der Waals surface area (Å²) < 4.78 is 0. The molecule has 13 heavy (non-hydrogen) atoms. The van der Waals surface area contributed by atoms with E-state index in [-0.39, 0.29) is 5.78 Å². The maximum absolute atomic E-state index is 11.4. The van der Waals surface area contributed by atoms with Gasteiger partial charge in [-0.3, -0.25) is 4.79 Å². The van der Waals surface area contributed by atoms with Crippen LogP contribution in [0.2, 0.25) is 0 Å². The number of carbonyl (C=O) groups excluding carboxylic acids is 1. The van der Waals surface area contributed by atoms with Gasteiger partial charge in [0.2, 0.25) is 0 Å². The highest BCUT2D eigenvalue weighted by molar-refractivity contribution is 6.01. The normalized spacial score (nSPS) is 14.7. The highest BCUT2D eigenvalue weighted by atomic mass is 16.1. The Morgan fingerprint density at radius 1 is 1.38 bits per heavy atom. The van der Waals surface area contributed by atoms with Gasteiger partial charge in [-0.25, -0.2) is 0 Å². The maximum Gasteiger partial charge on any atom is 0.163 e. The molecular weight excluding hydrogens is 162 g/mol. The Balaban J connectivity index is 2.63. The van der Waals surface area contributed by atoms with Gasteiger partial charge >= 0.3 is 0 Å². The van der Waals surface area contributed by atoms with Crippen molar-refractivity contribution in [3.63, 3.8) is 0 Å². The number of fused-ring (bicyclic) bond motifs is 1. The van der Waals surface area contributed by atoms with Crippen molar-refractivity contribution in [2.24, 2.45) is 0 Å². The minimum absolute atomic E-state index is 0.247. The first-order valence-corrected chi connectivity index (χ1v) is 4.67. The van der Waals surface area contributed by atoms with Crippen molar-refractivity contribution in [2.45, 2.75) is 26.2 Å². The molecule has 0 aromatic heterocycles. The predicted octanol–water partition coefficient (Wildman–Crippen LogP) is 1.96. The topological polar surface area (TPSA) is 43.1 Å². The van der Waals surface area contributed by atoms with Crippen molar-refractivity contribution in [1.29, 1.82) is 0 Å². The Bertz CT molecular complexity index is 369. The molecule has 2 N–H and O–H groups in total. The molecule has 68 valence electrons. The summed E-state index contributed by atoms with van der Waals surface area (Å²) in [6.45, 7) is 2.10. The number of ketones is 1. The van der Waals surface area contributed by atoms with Crippen LogP contribution in [0.3, 0.4) is 0 Å². The molecule has 2 rings (SSSR count). The maximum atomic E-state index is 11.4. The Labute approximate surface area is 77.8 Å². The van der Waals surface area contributed by atoms with Crippen molar-refractivity contribution >= 4 is 11.5 Å². The zero-order valence-corrected chi connectivity index (χ0v) is 7.76. The van der Waals surface area contributed by atoms with E-state index in [0.717, 1.165) is 18.4 Å². The summed E-state index contributed by atoms with van der Waals surface area (Å²) in [6.07, 6.45) is 2.52. The van der Waals surface area contributed by atoms with Crippen LogP contribution in [0, 0.1) is 0 Å². The molecule has 2 nitrogen and oxygen atoms in total. The van der Waals surface area contributed by atoms with E-state index in [1.807, 2.05) is 12.1 Å². The van der Waals surface area contributed by atoms with Gasteiger partial charge in [-0.15, -0.1) is 0 Å². The number of rotatable bonds is 1. The van der Waals surface area contributed by atoms with Gasteiger partial charge in [-0.05, 0) is 36.1 Å². The molecular formula is C11H13NO. The van der Waals surface area contributed by atoms with Crippen molar-refractivity contribution in [2.75, 3.05) is 5.73 Å². The van der Waals surface area contributed by atoms with Crippen molar-refractivity contribution in [1.82, 2.24) is 0 Å². The van der Waals surface area contributed by atoms with Crippen LogP contribution in [0.15, 0.2) is 12.1 Å². The van der Waals surface area contributed by atoms with Gasteiger partial charge in [0.15, 0.2) is 5.78 Å². The van der Waals surface area contributed by atoms with E-state index in [2.05, 4.69) is 6.92 Å². The average molecular weight is 175 g/mol. The summed E-state index contributed by atoms with van der Waals surface area (Å²) in [5.74, 6) is 0.247. The third-order valence-corrected chi connectivity index (χ3v) is 2.65. The molecule has 1 aromatic rings. The van der Waals surface area contributed by atoms with Gasteiger partial charge in [0.1, 0.15) is 0 Å². The van der Waals surface area contributed by atoms with Crippen molar-refractivity contribution in [3.8, 4) is 0 Å². The van der Waals surface area contributed by atoms with Crippen LogP contribution in [-0.4, -0.2) is 5.78 Å². The van der Waals surface area contributed by atoms with Gasteiger partial charge < -0.3 is 5.73 Å². The van der Waals surface area contributed by atoms with Crippen molar-refractivity contribution < 1.29 is 4.79 Å². The van der Waals surface area contributed by atoms with Crippen LogP contribution in [-0.2, 0) is 12.8 Å². The molecule has 0 spiro atoms. The first-order chi connectivity index (χ1) is 6.22. The summed E-state index contributed by atoms with van der Waals surface area (Å²) in [6, 6.07) is 3.79. The smallest absolute Gasteiger partial charge is 0.163 e. The van der Waals surface area contributed by atoms with Gasteiger partial charge in [0, 0.05) is 17.7 Å². The summed E-state index contributed by atoms with van der Waals surface area (Å²) in [5.41, 5.74) is 9.75. The van der Waals surface area contributed by atoms with E-state index in [1.54, 1.807) is 0 Å². The standard InChI is InChI=1S/C11H13NO/c1-2-7-5-8(12)6-10-9(7)3-4-11(10)13/h5-6H,2-4,12H2,1H3.